The zero-order chi connectivity index (χ0) is 14.6. The van der Waals surface area contributed by atoms with Crippen LogP contribution < -0.4 is 4.74 Å². The second-order valence-electron chi connectivity index (χ2n) is 3.42. The molecule has 106 valence electrons. The summed E-state index contributed by atoms with van der Waals surface area (Å²) < 4.78 is 66.2. The van der Waals surface area contributed by atoms with Crippen molar-refractivity contribution in [2.75, 3.05) is 5.88 Å². The van der Waals surface area contributed by atoms with E-state index in [-0.39, 0.29) is 12.3 Å². The van der Waals surface area contributed by atoms with E-state index in [2.05, 4.69) is 4.74 Å². The molecule has 0 bridgehead atoms. The van der Waals surface area contributed by atoms with Gasteiger partial charge in [0.25, 0.3) is 0 Å². The van der Waals surface area contributed by atoms with Gasteiger partial charge in [-0.3, -0.25) is 4.79 Å². The molecule has 0 heterocycles. The fraction of sp³-hybridized carbons (Fsp3) is 0.364. The monoisotopic (exact) mass is 302 g/mol. The van der Waals surface area contributed by atoms with Gasteiger partial charge in [0.2, 0.25) is 0 Å². The predicted octanol–water partition coefficient (Wildman–Crippen LogP) is 4.12. The molecule has 2 nitrogen and oxygen atoms in total. The Morgan fingerprint density at radius 3 is 2.42 bits per heavy atom. The Bertz CT molecular complexity index is 459. The van der Waals surface area contributed by atoms with Crippen molar-refractivity contribution in [3.05, 3.63) is 29.3 Å². The largest absolute Gasteiger partial charge is 0.433 e. The molecule has 0 aliphatic rings. The highest BCUT2D eigenvalue weighted by atomic mass is 35.5. The van der Waals surface area contributed by atoms with Gasteiger partial charge in [-0.2, -0.15) is 22.0 Å². The second kappa shape index (κ2) is 6.18. The third kappa shape index (κ3) is 4.05. The molecule has 0 saturated heterocycles. The average Bonchev–Trinajstić information content (AvgIpc) is 2.27. The van der Waals surface area contributed by atoms with Crippen LogP contribution in [-0.2, 0) is 6.18 Å². The van der Waals surface area contributed by atoms with Crippen LogP contribution in [0, 0.1) is 0 Å². The summed E-state index contributed by atoms with van der Waals surface area (Å²) >= 11 is 5.30. The van der Waals surface area contributed by atoms with Gasteiger partial charge in [0.05, 0.1) is 11.1 Å². The van der Waals surface area contributed by atoms with Gasteiger partial charge in [0.1, 0.15) is 5.75 Å². The van der Waals surface area contributed by atoms with Crippen LogP contribution in [0.4, 0.5) is 22.0 Å². The van der Waals surface area contributed by atoms with Crippen LogP contribution in [0.25, 0.3) is 0 Å². The van der Waals surface area contributed by atoms with E-state index in [1.54, 1.807) is 0 Å². The molecule has 0 spiro atoms. The molecule has 1 rings (SSSR count). The first-order chi connectivity index (χ1) is 8.77. The number of Topliss-reactive ketones (excluding diaryl/α,β-unsaturated/α-hetero) is 1. The normalized spacial score (nSPS) is 11.7. The van der Waals surface area contributed by atoms with Crippen LogP contribution in [0.1, 0.15) is 22.3 Å². The number of alkyl halides is 6. The maximum Gasteiger partial charge on any atom is 0.419 e. The number of hydrogen-bond acceptors (Lipinski definition) is 2. The summed E-state index contributed by atoms with van der Waals surface area (Å²) in [5.74, 6) is -2.10. The van der Waals surface area contributed by atoms with Gasteiger partial charge in [-0.05, 0) is 12.1 Å². The molecule has 0 radical (unpaired) electrons. The maximum atomic E-state index is 12.7. The van der Waals surface area contributed by atoms with Crippen LogP contribution in [0.3, 0.4) is 0 Å². The van der Waals surface area contributed by atoms with Crippen molar-refractivity contribution in [2.24, 2.45) is 0 Å². The highest BCUT2D eigenvalue weighted by Gasteiger charge is 2.37. The lowest BCUT2D eigenvalue weighted by molar-refractivity contribution is -0.141. The van der Waals surface area contributed by atoms with E-state index in [0.717, 1.165) is 12.1 Å². The number of hydrogen-bond donors (Lipinski definition) is 0. The number of ketones is 1. The molecule has 0 aromatic heterocycles. The van der Waals surface area contributed by atoms with Gasteiger partial charge < -0.3 is 4.74 Å². The van der Waals surface area contributed by atoms with Gasteiger partial charge in [-0.25, -0.2) is 0 Å². The van der Waals surface area contributed by atoms with Crippen molar-refractivity contribution >= 4 is 17.4 Å². The van der Waals surface area contributed by atoms with Crippen molar-refractivity contribution < 1.29 is 31.5 Å². The molecule has 0 saturated carbocycles. The second-order valence-corrected chi connectivity index (χ2v) is 3.80. The third-order valence-corrected chi connectivity index (χ3v) is 2.34. The summed E-state index contributed by atoms with van der Waals surface area (Å²) in [6.07, 6.45) is -5.18. The van der Waals surface area contributed by atoms with Crippen molar-refractivity contribution in [3.63, 3.8) is 0 Å². The molecule has 0 amide bonds. The smallest absolute Gasteiger partial charge is 0.419 e. The molecule has 1 aromatic carbocycles. The van der Waals surface area contributed by atoms with Crippen molar-refractivity contribution in [1.82, 2.24) is 0 Å². The van der Waals surface area contributed by atoms with Crippen LogP contribution in [0.5, 0.6) is 5.75 Å². The molecular weight excluding hydrogens is 295 g/mol. The van der Waals surface area contributed by atoms with Crippen LogP contribution in [0.2, 0.25) is 0 Å². The first-order valence-electron chi connectivity index (χ1n) is 5.01. The number of para-hydroxylation sites is 1. The molecule has 0 fully saturated rings. The lowest BCUT2D eigenvalue weighted by atomic mass is 10.0. The molecule has 19 heavy (non-hydrogen) atoms. The summed E-state index contributed by atoms with van der Waals surface area (Å²) in [5, 5.41) is 0. The summed E-state index contributed by atoms with van der Waals surface area (Å²) in [6.45, 7) is -3.47. The van der Waals surface area contributed by atoms with E-state index in [1.807, 2.05) is 0 Å². The van der Waals surface area contributed by atoms with Gasteiger partial charge in [-0.1, -0.05) is 6.07 Å². The van der Waals surface area contributed by atoms with Gasteiger partial charge in [0, 0.05) is 12.3 Å². The van der Waals surface area contributed by atoms with Gasteiger partial charge in [-0.15, -0.1) is 11.6 Å². The summed E-state index contributed by atoms with van der Waals surface area (Å²) in [5.41, 5.74) is -1.98. The maximum absolute atomic E-state index is 12.7. The van der Waals surface area contributed by atoms with Crippen molar-refractivity contribution in [3.8, 4) is 5.75 Å². The van der Waals surface area contributed by atoms with E-state index in [9.17, 15) is 26.7 Å². The Kier molecular flexibility index (Phi) is 5.11. The number of carbonyl (C=O) groups is 1. The molecular formula is C11H8ClF5O2. The van der Waals surface area contributed by atoms with Crippen LogP contribution in [-0.4, -0.2) is 18.3 Å². The van der Waals surface area contributed by atoms with E-state index in [0.29, 0.717) is 6.07 Å². The first kappa shape index (κ1) is 15.7. The Morgan fingerprint density at radius 1 is 1.32 bits per heavy atom. The summed E-state index contributed by atoms with van der Waals surface area (Å²) in [7, 11) is 0. The summed E-state index contributed by atoms with van der Waals surface area (Å²) in [4.78, 5) is 11.5. The first-order valence-corrected chi connectivity index (χ1v) is 5.55. The fourth-order valence-corrected chi connectivity index (χ4v) is 1.59. The van der Waals surface area contributed by atoms with E-state index in [1.165, 1.54) is 0 Å². The average molecular weight is 303 g/mol. The number of halogens is 6. The zero-order valence-corrected chi connectivity index (χ0v) is 10.1. The number of benzene rings is 1. The van der Waals surface area contributed by atoms with Crippen molar-refractivity contribution in [2.45, 2.75) is 19.2 Å². The summed E-state index contributed by atoms with van der Waals surface area (Å²) in [6, 6.07) is 2.50. The Hall–Kier alpha value is -1.37. The Morgan fingerprint density at radius 2 is 1.95 bits per heavy atom. The molecule has 0 atom stereocenters. The Labute approximate surface area is 110 Å². The highest BCUT2D eigenvalue weighted by Crippen LogP contribution is 2.39. The van der Waals surface area contributed by atoms with E-state index >= 15 is 0 Å². The Balaban J connectivity index is 3.34. The van der Waals surface area contributed by atoms with E-state index in [4.69, 9.17) is 11.6 Å². The highest BCUT2D eigenvalue weighted by molar-refractivity contribution is 6.19. The van der Waals surface area contributed by atoms with Crippen LogP contribution in [0.15, 0.2) is 18.2 Å². The molecule has 0 N–H and O–H groups in total. The SMILES string of the molecule is O=C(CCCl)c1cccc(C(F)(F)F)c1OC(F)F. The zero-order valence-electron chi connectivity index (χ0n) is 9.31. The molecule has 0 unspecified atom stereocenters. The van der Waals surface area contributed by atoms with Gasteiger partial charge >= 0.3 is 12.8 Å². The molecule has 8 heteroatoms. The quantitative estimate of drug-likeness (QED) is 0.464. The lowest BCUT2D eigenvalue weighted by Crippen LogP contribution is -2.15. The lowest BCUT2D eigenvalue weighted by Gasteiger charge is -2.16. The fourth-order valence-electron chi connectivity index (χ4n) is 1.42. The predicted molar refractivity (Wildman–Crippen MR) is 57.7 cm³/mol. The minimum Gasteiger partial charge on any atom is -0.433 e. The molecule has 0 aliphatic carbocycles. The van der Waals surface area contributed by atoms with Gasteiger partial charge in [0.15, 0.2) is 5.78 Å². The number of carbonyl (C=O) groups excluding carboxylic acids is 1. The molecule has 0 aliphatic heterocycles. The minimum absolute atomic E-state index is 0.136. The topological polar surface area (TPSA) is 26.3 Å². The molecule has 1 aromatic rings. The van der Waals surface area contributed by atoms with Crippen molar-refractivity contribution in [1.29, 1.82) is 0 Å². The third-order valence-electron chi connectivity index (χ3n) is 2.15. The minimum atomic E-state index is -4.90. The number of ether oxygens (including phenoxy) is 1. The standard InChI is InChI=1S/C11H8ClF5O2/c12-5-4-8(18)6-2-1-3-7(11(15,16)17)9(6)19-10(13)14/h1-3,10H,4-5H2. The van der Waals surface area contributed by atoms with Crippen LogP contribution >= 0.6 is 11.6 Å². The number of rotatable bonds is 5. The van der Waals surface area contributed by atoms with E-state index < -0.39 is 35.4 Å².